The van der Waals surface area contributed by atoms with Crippen molar-refractivity contribution in [3.8, 4) is 0 Å². The van der Waals surface area contributed by atoms with Gasteiger partial charge >= 0.3 is 5.97 Å². The average Bonchev–Trinajstić information content (AvgIpc) is 3.30. The van der Waals surface area contributed by atoms with E-state index in [2.05, 4.69) is 0 Å². The number of rotatable bonds is 12. The first-order valence-electron chi connectivity index (χ1n) is 10.5. The van der Waals surface area contributed by atoms with E-state index in [0.717, 1.165) is 11.1 Å². The fraction of sp³-hybridized carbons (Fsp3) is 0.400. The van der Waals surface area contributed by atoms with E-state index in [-0.39, 0.29) is 13.0 Å². The van der Waals surface area contributed by atoms with Gasteiger partial charge in [0.05, 0.1) is 33.0 Å². The van der Waals surface area contributed by atoms with E-state index in [1.165, 1.54) is 0 Å². The maximum atomic E-state index is 12.4. The molecule has 1 aliphatic rings. The first-order valence-corrected chi connectivity index (χ1v) is 10.5. The molecule has 2 atom stereocenters. The Bertz CT molecular complexity index is 816. The molecular formula is C25H30O6. The van der Waals surface area contributed by atoms with Crippen LogP contribution in [0.2, 0.25) is 0 Å². The van der Waals surface area contributed by atoms with Crippen LogP contribution in [-0.2, 0) is 37.0 Å². The molecule has 0 aliphatic carbocycles. The maximum absolute atomic E-state index is 12.4. The van der Waals surface area contributed by atoms with Gasteiger partial charge in [0.1, 0.15) is 0 Å². The molecule has 2 unspecified atom stereocenters. The quantitative estimate of drug-likeness (QED) is 0.405. The molecule has 1 saturated heterocycles. The number of hydrogen-bond acceptors (Lipinski definition) is 5. The lowest BCUT2D eigenvalue weighted by Gasteiger charge is -2.35. The predicted octanol–water partition coefficient (Wildman–Crippen LogP) is 4.20. The summed E-state index contributed by atoms with van der Waals surface area (Å²) in [4.78, 5) is 12.4. The van der Waals surface area contributed by atoms with Crippen molar-refractivity contribution >= 4 is 5.97 Å². The third kappa shape index (κ3) is 6.74. The van der Waals surface area contributed by atoms with Gasteiger partial charge in [-0.15, -0.1) is 0 Å². The van der Waals surface area contributed by atoms with E-state index >= 15 is 0 Å². The Balaban J connectivity index is 1.66. The second-order valence-electron chi connectivity index (χ2n) is 7.56. The number of ether oxygens (including phenoxy) is 4. The molecule has 2 aromatic rings. The molecule has 2 aromatic carbocycles. The van der Waals surface area contributed by atoms with Crippen molar-refractivity contribution in [1.82, 2.24) is 0 Å². The number of carbonyl (C=O) groups is 1. The summed E-state index contributed by atoms with van der Waals surface area (Å²) < 4.78 is 22.8. The average molecular weight is 427 g/mol. The van der Waals surface area contributed by atoms with Crippen LogP contribution in [0.25, 0.3) is 0 Å². The van der Waals surface area contributed by atoms with Crippen LogP contribution < -0.4 is 0 Å². The molecule has 6 heteroatoms. The maximum Gasteiger partial charge on any atom is 0.336 e. The van der Waals surface area contributed by atoms with Gasteiger partial charge < -0.3 is 24.1 Å². The lowest BCUT2D eigenvalue weighted by molar-refractivity contribution is -0.189. The second kappa shape index (κ2) is 11.8. The molecule has 0 aromatic heterocycles. The summed E-state index contributed by atoms with van der Waals surface area (Å²) in [6.07, 6.45) is 3.18. The smallest absolute Gasteiger partial charge is 0.336 e. The largest absolute Gasteiger partial charge is 0.479 e. The van der Waals surface area contributed by atoms with Gasteiger partial charge in [0, 0.05) is 12.3 Å². The van der Waals surface area contributed by atoms with Gasteiger partial charge in [0.15, 0.2) is 11.9 Å². The number of benzene rings is 2. The monoisotopic (exact) mass is 426 g/mol. The standard InChI is InChI=1S/C25H30O6/c1-20(9-8-14-28-18-21-10-4-2-5-11-21)25(24(26)27,17-23-29-15-16-30-23)31-19-22-12-6-3-7-13-22/h2-13,20,23H,14-19H2,1H3,(H,26,27)/b9-8+. The van der Waals surface area contributed by atoms with Crippen LogP contribution in [-0.4, -0.2) is 42.8 Å². The zero-order valence-electron chi connectivity index (χ0n) is 17.8. The molecule has 6 nitrogen and oxygen atoms in total. The summed E-state index contributed by atoms with van der Waals surface area (Å²) in [5.74, 6) is -1.47. The summed E-state index contributed by atoms with van der Waals surface area (Å²) in [5.41, 5.74) is 0.509. The molecule has 1 fully saturated rings. The molecule has 0 bridgehead atoms. The Kier molecular flexibility index (Phi) is 8.79. The van der Waals surface area contributed by atoms with Crippen molar-refractivity contribution in [1.29, 1.82) is 0 Å². The Morgan fingerprint density at radius 3 is 2.23 bits per heavy atom. The molecule has 1 N–H and O–H groups in total. The summed E-state index contributed by atoms with van der Waals surface area (Å²) >= 11 is 0. The van der Waals surface area contributed by atoms with E-state index in [9.17, 15) is 9.90 Å². The lowest BCUT2D eigenvalue weighted by Crippen LogP contribution is -2.49. The van der Waals surface area contributed by atoms with Gasteiger partial charge in [-0.3, -0.25) is 0 Å². The second-order valence-corrected chi connectivity index (χ2v) is 7.56. The van der Waals surface area contributed by atoms with Gasteiger partial charge in [-0.2, -0.15) is 0 Å². The van der Waals surface area contributed by atoms with Crippen molar-refractivity contribution in [2.24, 2.45) is 5.92 Å². The number of aliphatic carboxylic acids is 1. The van der Waals surface area contributed by atoms with E-state index in [1.54, 1.807) is 0 Å². The third-order valence-corrected chi connectivity index (χ3v) is 5.35. The van der Waals surface area contributed by atoms with Crippen LogP contribution in [0.1, 0.15) is 24.5 Å². The topological polar surface area (TPSA) is 74.2 Å². The molecule has 166 valence electrons. The fourth-order valence-corrected chi connectivity index (χ4v) is 3.51. The Morgan fingerprint density at radius 2 is 1.65 bits per heavy atom. The summed E-state index contributed by atoms with van der Waals surface area (Å²) in [6, 6.07) is 19.4. The van der Waals surface area contributed by atoms with Gasteiger partial charge in [0.2, 0.25) is 0 Å². The lowest BCUT2D eigenvalue weighted by atomic mass is 9.84. The Labute approximate surface area is 183 Å². The molecule has 0 radical (unpaired) electrons. The van der Waals surface area contributed by atoms with Gasteiger partial charge in [-0.05, 0) is 11.1 Å². The number of carboxylic acids is 1. The third-order valence-electron chi connectivity index (χ3n) is 5.35. The summed E-state index contributed by atoms with van der Waals surface area (Å²) in [5, 5.41) is 10.2. The minimum atomic E-state index is -1.49. The number of carboxylic acid groups (broad SMARTS) is 1. The van der Waals surface area contributed by atoms with Crippen LogP contribution >= 0.6 is 0 Å². The minimum absolute atomic E-state index is 0.103. The molecular weight excluding hydrogens is 396 g/mol. The van der Waals surface area contributed by atoms with Crippen molar-refractivity contribution in [3.05, 3.63) is 83.9 Å². The highest BCUT2D eigenvalue weighted by Crippen LogP contribution is 2.33. The molecule has 1 aliphatic heterocycles. The molecule has 3 rings (SSSR count). The highest BCUT2D eigenvalue weighted by atomic mass is 16.7. The SMILES string of the molecule is CC(/C=C/COCc1ccccc1)C(CC1OCCO1)(OCc1ccccc1)C(=O)O. The fourth-order valence-electron chi connectivity index (χ4n) is 3.51. The number of hydrogen-bond donors (Lipinski definition) is 1. The highest BCUT2D eigenvalue weighted by molar-refractivity contribution is 5.78. The van der Waals surface area contributed by atoms with E-state index in [1.807, 2.05) is 79.7 Å². The van der Waals surface area contributed by atoms with E-state index in [0.29, 0.717) is 26.4 Å². The predicted molar refractivity (Wildman–Crippen MR) is 116 cm³/mol. The molecule has 31 heavy (non-hydrogen) atoms. The van der Waals surface area contributed by atoms with Gasteiger partial charge in [-0.1, -0.05) is 79.7 Å². The van der Waals surface area contributed by atoms with Crippen LogP contribution in [0.3, 0.4) is 0 Å². The van der Waals surface area contributed by atoms with Crippen LogP contribution in [0.4, 0.5) is 0 Å². The van der Waals surface area contributed by atoms with E-state index < -0.39 is 23.8 Å². The minimum Gasteiger partial charge on any atom is -0.479 e. The van der Waals surface area contributed by atoms with Crippen molar-refractivity contribution in [2.45, 2.75) is 38.4 Å². The first kappa shape index (κ1) is 23.2. The zero-order valence-corrected chi connectivity index (χ0v) is 17.8. The van der Waals surface area contributed by atoms with Crippen molar-refractivity contribution < 1.29 is 28.8 Å². The van der Waals surface area contributed by atoms with Crippen molar-refractivity contribution in [2.75, 3.05) is 19.8 Å². The highest BCUT2D eigenvalue weighted by Gasteiger charge is 2.47. The summed E-state index contributed by atoms with van der Waals surface area (Å²) in [7, 11) is 0. The zero-order chi connectivity index (χ0) is 21.9. The van der Waals surface area contributed by atoms with Gasteiger partial charge in [0.25, 0.3) is 0 Å². The van der Waals surface area contributed by atoms with Crippen molar-refractivity contribution in [3.63, 3.8) is 0 Å². The van der Waals surface area contributed by atoms with E-state index in [4.69, 9.17) is 18.9 Å². The first-order chi connectivity index (χ1) is 15.1. The van der Waals surface area contributed by atoms with Crippen LogP contribution in [0.15, 0.2) is 72.8 Å². The van der Waals surface area contributed by atoms with Crippen LogP contribution in [0, 0.1) is 5.92 Å². The van der Waals surface area contributed by atoms with Crippen LogP contribution in [0.5, 0.6) is 0 Å². The molecule has 0 spiro atoms. The molecule has 0 amide bonds. The molecule has 0 saturated carbocycles. The summed E-state index contributed by atoms with van der Waals surface area (Å²) in [6.45, 7) is 3.81. The normalized spacial score (nSPS) is 17.6. The van der Waals surface area contributed by atoms with Gasteiger partial charge in [-0.25, -0.2) is 4.79 Å². The molecule has 1 heterocycles. The Morgan fingerprint density at radius 1 is 1.06 bits per heavy atom. The Hall–Kier alpha value is -2.51.